The Hall–Kier alpha value is -6.04. The fourth-order valence-electron chi connectivity index (χ4n) is 9.03. The van der Waals surface area contributed by atoms with Crippen LogP contribution in [-0.2, 0) is 33.4 Å². The summed E-state index contributed by atoms with van der Waals surface area (Å²) in [4.78, 5) is 82.0. The summed E-state index contributed by atoms with van der Waals surface area (Å²) in [6, 6.07) is 26.2. The molecule has 0 bridgehead atoms. The van der Waals surface area contributed by atoms with Gasteiger partial charge in [-0.2, -0.15) is 0 Å². The summed E-state index contributed by atoms with van der Waals surface area (Å²) in [5, 5.41) is 0. The minimum absolute atomic E-state index is 0.0434. The summed E-state index contributed by atoms with van der Waals surface area (Å²) in [7, 11) is 0. The predicted molar refractivity (Wildman–Crippen MR) is 241 cm³/mol. The first-order valence-electron chi connectivity index (χ1n) is 22.3. The fourth-order valence-corrected chi connectivity index (χ4v) is 9.03. The maximum Gasteiger partial charge on any atom is 0.307 e. The van der Waals surface area contributed by atoms with Gasteiger partial charge >= 0.3 is 11.9 Å². The molecule has 12 nitrogen and oxygen atoms in total. The summed E-state index contributed by atoms with van der Waals surface area (Å²) in [6.45, 7) is 12.9. The second kappa shape index (κ2) is 19.1. The number of hydrogen-bond donors (Lipinski definition) is 1. The van der Waals surface area contributed by atoms with Gasteiger partial charge in [-0.05, 0) is 101 Å². The number of nitrogens with zero attached hydrogens (tertiary/aromatic N) is 4. The number of benzene rings is 3. The Labute approximate surface area is 371 Å². The highest BCUT2D eigenvalue weighted by Gasteiger charge is 2.41. The molecule has 12 heteroatoms. The minimum atomic E-state index is -0.741. The zero-order valence-electron chi connectivity index (χ0n) is 37.5. The molecule has 4 aromatic rings. The molecular weight excluding hydrogens is 795 g/mol. The highest BCUT2D eigenvalue weighted by atomic mass is 16.6. The van der Waals surface area contributed by atoms with Gasteiger partial charge in [0.1, 0.15) is 23.1 Å². The number of hydrogen-bond acceptors (Lipinski definition) is 8. The monoisotopic (exact) mass is 855 g/mol. The number of H-pyrrole nitrogens is 1. The van der Waals surface area contributed by atoms with E-state index in [4.69, 9.17) is 14.5 Å². The van der Waals surface area contributed by atoms with Crippen LogP contribution in [0.15, 0.2) is 97.2 Å². The van der Waals surface area contributed by atoms with E-state index in [0.717, 1.165) is 52.8 Å². The van der Waals surface area contributed by atoms with Crippen LogP contribution in [-0.4, -0.2) is 97.8 Å². The van der Waals surface area contributed by atoms with E-state index in [2.05, 4.69) is 35.3 Å². The Morgan fingerprint density at radius 3 is 1.75 bits per heavy atom. The Morgan fingerprint density at radius 1 is 0.683 bits per heavy atom. The molecule has 3 amide bonds. The van der Waals surface area contributed by atoms with E-state index in [9.17, 15) is 24.0 Å². The van der Waals surface area contributed by atoms with Gasteiger partial charge in [-0.25, -0.2) is 4.98 Å². The highest BCUT2D eigenvalue weighted by molar-refractivity contribution is 5.94. The first-order valence-corrected chi connectivity index (χ1v) is 22.3. The van der Waals surface area contributed by atoms with E-state index in [1.807, 2.05) is 91.2 Å². The molecular formula is C51H61N5O7. The van der Waals surface area contributed by atoms with E-state index >= 15 is 0 Å². The molecule has 0 radical (unpaired) electrons. The van der Waals surface area contributed by atoms with Gasteiger partial charge in [0.25, 0.3) is 0 Å². The predicted octanol–water partition coefficient (Wildman–Crippen LogP) is 8.38. The molecule has 3 aromatic carbocycles. The van der Waals surface area contributed by atoms with Crippen molar-refractivity contribution in [3.63, 3.8) is 0 Å². The van der Waals surface area contributed by atoms with Crippen LogP contribution >= 0.6 is 0 Å². The number of likely N-dealkylation sites (tertiary alicyclic amines) is 2. The summed E-state index contributed by atoms with van der Waals surface area (Å²) in [5.74, 6) is -1.94. The normalized spacial score (nSPS) is 19.0. The lowest BCUT2D eigenvalue weighted by molar-refractivity contribution is -0.158. The molecule has 1 aromatic heterocycles. The third kappa shape index (κ3) is 11.1. The van der Waals surface area contributed by atoms with Crippen molar-refractivity contribution in [2.24, 2.45) is 0 Å². The summed E-state index contributed by atoms with van der Waals surface area (Å²) < 4.78 is 11.2. The Morgan fingerprint density at radius 2 is 1.21 bits per heavy atom. The molecule has 2 saturated heterocycles. The molecule has 4 heterocycles. The number of nitrogens with one attached hydrogen (secondary N) is 1. The number of amides is 3. The summed E-state index contributed by atoms with van der Waals surface area (Å²) >= 11 is 0. The van der Waals surface area contributed by atoms with Crippen molar-refractivity contribution < 1.29 is 33.4 Å². The fraction of sp³-hybridized carbons (Fsp3) is 0.451. The average molecular weight is 856 g/mol. The third-order valence-corrected chi connectivity index (χ3v) is 11.9. The zero-order valence-corrected chi connectivity index (χ0v) is 37.5. The van der Waals surface area contributed by atoms with Gasteiger partial charge in [-0.15, -0.1) is 0 Å². The Kier molecular flexibility index (Phi) is 13.7. The standard InChI is InChI=1S/C51H61N5O7/c1-50(2,3)62-44(57)31-39(36-15-9-7-10-16-36)47(59)55-27-13-19-42(55)46-52-33-41(53-46)38-23-21-34(22-24-38)35-25-29-54(30-26-35)49(61)43-20-14-28-56(43)48(60)40(37-17-11-8-12-18-37)32-45(58)63-51(4,5)6/h7-12,15-18,21-25,33,39-40,42-43H,13-14,19-20,26-32H2,1-6H3,(H,52,53)/t39?,40-,42?,43?/m0/s1. The molecule has 0 aliphatic carbocycles. The largest absolute Gasteiger partial charge is 0.460 e. The SMILES string of the molecule is CC(C)(C)OC(=O)CC(C(=O)N1CCCC1c1ncc(-c2ccc(C3=CCN(C(=O)C4CCCN4C(=O)[C@@H](CC(=O)OC(C)(C)C)c4ccccc4)CC3)cc2)[nH]1)c1ccccc1. The smallest absolute Gasteiger partial charge is 0.307 e. The number of imidazole rings is 1. The number of ether oxygens (including phenoxy) is 2. The van der Waals surface area contributed by atoms with Crippen LogP contribution in [0.3, 0.4) is 0 Å². The number of aromatic amines is 1. The van der Waals surface area contributed by atoms with Gasteiger partial charge in [0, 0.05) is 26.2 Å². The van der Waals surface area contributed by atoms with Crippen molar-refractivity contribution >= 4 is 35.2 Å². The van der Waals surface area contributed by atoms with Crippen LogP contribution in [0.1, 0.15) is 127 Å². The topological polar surface area (TPSA) is 142 Å². The Balaban J connectivity index is 0.985. The molecule has 3 unspecified atom stereocenters. The zero-order chi connectivity index (χ0) is 44.9. The molecule has 3 aliphatic heterocycles. The molecule has 332 valence electrons. The van der Waals surface area contributed by atoms with Crippen molar-refractivity contribution in [3.05, 3.63) is 120 Å². The average Bonchev–Trinajstić information content (AvgIpc) is 4.06. The Bertz CT molecular complexity index is 2290. The van der Waals surface area contributed by atoms with Crippen LogP contribution in [0, 0.1) is 0 Å². The van der Waals surface area contributed by atoms with E-state index in [0.29, 0.717) is 44.8 Å². The van der Waals surface area contributed by atoms with Crippen LogP contribution in [0.5, 0.6) is 0 Å². The van der Waals surface area contributed by atoms with E-state index in [1.165, 1.54) is 0 Å². The van der Waals surface area contributed by atoms with Gasteiger partial charge < -0.3 is 29.2 Å². The number of esters is 2. The van der Waals surface area contributed by atoms with Gasteiger partial charge in [-0.3, -0.25) is 24.0 Å². The molecule has 2 fully saturated rings. The van der Waals surface area contributed by atoms with E-state index in [1.54, 1.807) is 31.9 Å². The molecule has 0 saturated carbocycles. The van der Waals surface area contributed by atoms with E-state index in [-0.39, 0.29) is 36.6 Å². The van der Waals surface area contributed by atoms with Crippen LogP contribution < -0.4 is 0 Å². The number of carbonyl (C=O) groups is 5. The quantitative estimate of drug-likeness (QED) is 0.140. The number of rotatable bonds is 12. The highest BCUT2D eigenvalue weighted by Crippen LogP contribution is 2.37. The van der Waals surface area contributed by atoms with Crippen LogP contribution in [0.4, 0.5) is 0 Å². The summed E-state index contributed by atoms with van der Waals surface area (Å²) in [5.41, 5.74) is 4.20. The van der Waals surface area contributed by atoms with Gasteiger partial charge in [-0.1, -0.05) is 91.0 Å². The van der Waals surface area contributed by atoms with Crippen molar-refractivity contribution in [3.8, 4) is 11.3 Å². The first kappa shape index (κ1) is 45.0. The molecule has 1 N–H and O–H groups in total. The molecule has 4 atom stereocenters. The van der Waals surface area contributed by atoms with E-state index < -0.39 is 41.0 Å². The number of carbonyl (C=O) groups excluding carboxylic acids is 5. The lowest BCUT2D eigenvalue weighted by atomic mass is 9.93. The lowest BCUT2D eigenvalue weighted by Gasteiger charge is -2.34. The maximum atomic E-state index is 14.2. The van der Waals surface area contributed by atoms with Crippen LogP contribution in [0.2, 0.25) is 0 Å². The summed E-state index contributed by atoms with van der Waals surface area (Å²) in [6.07, 6.45) is 7.33. The van der Waals surface area contributed by atoms with Crippen molar-refractivity contribution in [2.75, 3.05) is 26.2 Å². The molecule has 63 heavy (non-hydrogen) atoms. The second-order valence-electron chi connectivity index (χ2n) is 18.9. The third-order valence-electron chi connectivity index (χ3n) is 11.9. The van der Waals surface area contributed by atoms with Crippen molar-refractivity contribution in [1.82, 2.24) is 24.7 Å². The van der Waals surface area contributed by atoms with Gasteiger partial charge in [0.2, 0.25) is 17.7 Å². The van der Waals surface area contributed by atoms with Crippen LogP contribution in [0.25, 0.3) is 16.8 Å². The maximum absolute atomic E-state index is 14.2. The lowest BCUT2D eigenvalue weighted by Crippen LogP contribution is -2.50. The molecule has 0 spiro atoms. The van der Waals surface area contributed by atoms with Crippen molar-refractivity contribution in [1.29, 1.82) is 0 Å². The van der Waals surface area contributed by atoms with Gasteiger partial charge in [0.05, 0.1) is 42.6 Å². The molecule has 3 aliphatic rings. The first-order chi connectivity index (χ1) is 30.0. The number of aromatic nitrogens is 2. The van der Waals surface area contributed by atoms with Crippen molar-refractivity contribution in [2.45, 2.75) is 122 Å². The van der Waals surface area contributed by atoms with Gasteiger partial charge in [0.15, 0.2) is 0 Å². The second-order valence-corrected chi connectivity index (χ2v) is 18.9. The minimum Gasteiger partial charge on any atom is -0.460 e. The molecule has 7 rings (SSSR count).